The fourth-order valence-electron chi connectivity index (χ4n) is 2.11. The number of hydrogen-bond donors (Lipinski definition) is 0. The Morgan fingerprint density at radius 2 is 2.15 bits per heavy atom. The Labute approximate surface area is 80.0 Å². The highest BCUT2D eigenvalue weighted by molar-refractivity contribution is 5.18. The summed E-state index contributed by atoms with van der Waals surface area (Å²) in [6.45, 7) is 6.96. The molecular weight excluding hydrogens is 160 g/mol. The van der Waals surface area contributed by atoms with E-state index >= 15 is 0 Å². The Bertz CT molecular complexity index is 306. The maximum Gasteiger partial charge on any atom is 0.0658 e. The molecule has 0 amide bonds. The first-order chi connectivity index (χ1) is 5.98. The molecule has 1 aliphatic rings. The Balaban J connectivity index is 2.08. The molecule has 1 fully saturated rings. The van der Waals surface area contributed by atoms with Gasteiger partial charge < -0.3 is 0 Å². The van der Waals surface area contributed by atoms with Crippen LogP contribution < -0.4 is 0 Å². The van der Waals surface area contributed by atoms with E-state index in [9.17, 15) is 0 Å². The topological polar surface area (TPSA) is 17.8 Å². The molecule has 2 rings (SSSR count). The molecule has 1 heterocycles. The van der Waals surface area contributed by atoms with Gasteiger partial charge in [0, 0.05) is 19.2 Å². The fourth-order valence-corrected chi connectivity index (χ4v) is 2.11. The van der Waals surface area contributed by atoms with Gasteiger partial charge in [0.25, 0.3) is 0 Å². The normalized spacial score (nSPS) is 27.7. The standard InChI is InChI=1S/C11H18N2/c1-11(2,3)9-7-8(9)10-5-6-13(4)12-10/h5-6,8-9H,7H2,1-4H3. The van der Waals surface area contributed by atoms with E-state index < -0.39 is 0 Å². The molecule has 2 atom stereocenters. The van der Waals surface area contributed by atoms with Crippen LogP contribution in [0.5, 0.6) is 0 Å². The minimum Gasteiger partial charge on any atom is -0.276 e. The molecule has 0 N–H and O–H groups in total. The van der Waals surface area contributed by atoms with Gasteiger partial charge in [-0.05, 0) is 23.8 Å². The minimum atomic E-state index is 0.447. The van der Waals surface area contributed by atoms with Gasteiger partial charge in [0.15, 0.2) is 0 Å². The largest absolute Gasteiger partial charge is 0.276 e. The summed E-state index contributed by atoms with van der Waals surface area (Å²) >= 11 is 0. The van der Waals surface area contributed by atoms with Crippen LogP contribution in [-0.2, 0) is 7.05 Å². The second kappa shape index (κ2) is 2.60. The zero-order valence-corrected chi connectivity index (χ0v) is 8.91. The molecule has 1 aromatic rings. The van der Waals surface area contributed by atoms with E-state index in [0.29, 0.717) is 5.41 Å². The average molecular weight is 178 g/mol. The summed E-state index contributed by atoms with van der Waals surface area (Å²) < 4.78 is 1.90. The third kappa shape index (κ3) is 1.62. The van der Waals surface area contributed by atoms with E-state index in [-0.39, 0.29) is 0 Å². The van der Waals surface area contributed by atoms with Crippen molar-refractivity contribution in [2.75, 3.05) is 0 Å². The molecular formula is C11H18N2. The lowest BCUT2D eigenvalue weighted by atomic mass is 9.88. The van der Waals surface area contributed by atoms with Gasteiger partial charge in [-0.15, -0.1) is 0 Å². The predicted molar refractivity (Wildman–Crippen MR) is 53.5 cm³/mol. The van der Waals surface area contributed by atoms with Crippen molar-refractivity contribution >= 4 is 0 Å². The smallest absolute Gasteiger partial charge is 0.0658 e. The van der Waals surface area contributed by atoms with Crippen LogP contribution >= 0.6 is 0 Å². The van der Waals surface area contributed by atoms with Crippen molar-refractivity contribution in [1.29, 1.82) is 0 Å². The lowest BCUT2D eigenvalue weighted by Crippen LogP contribution is -2.09. The average Bonchev–Trinajstić information content (AvgIpc) is 2.69. The number of aryl methyl sites for hydroxylation is 1. The van der Waals surface area contributed by atoms with E-state index in [1.807, 2.05) is 17.9 Å². The van der Waals surface area contributed by atoms with Gasteiger partial charge in [-0.2, -0.15) is 5.10 Å². The Morgan fingerprint density at radius 3 is 2.54 bits per heavy atom. The van der Waals surface area contributed by atoms with Crippen molar-refractivity contribution < 1.29 is 0 Å². The maximum atomic E-state index is 4.45. The molecule has 0 saturated heterocycles. The van der Waals surface area contributed by atoms with Crippen molar-refractivity contribution in [3.05, 3.63) is 18.0 Å². The first-order valence-corrected chi connectivity index (χ1v) is 4.98. The van der Waals surface area contributed by atoms with Crippen LogP contribution in [0.2, 0.25) is 0 Å². The molecule has 0 aliphatic heterocycles. The fraction of sp³-hybridized carbons (Fsp3) is 0.727. The molecule has 1 aromatic heterocycles. The lowest BCUT2D eigenvalue weighted by Gasteiger charge is -2.17. The third-order valence-electron chi connectivity index (χ3n) is 3.02. The van der Waals surface area contributed by atoms with Crippen molar-refractivity contribution in [1.82, 2.24) is 9.78 Å². The predicted octanol–water partition coefficient (Wildman–Crippen LogP) is 2.57. The van der Waals surface area contributed by atoms with Gasteiger partial charge in [0.05, 0.1) is 5.69 Å². The van der Waals surface area contributed by atoms with E-state index in [2.05, 4.69) is 31.9 Å². The Kier molecular flexibility index (Phi) is 1.76. The molecule has 0 bridgehead atoms. The quantitative estimate of drug-likeness (QED) is 0.646. The van der Waals surface area contributed by atoms with Crippen LogP contribution in [0.3, 0.4) is 0 Å². The van der Waals surface area contributed by atoms with Crippen LogP contribution in [0.25, 0.3) is 0 Å². The van der Waals surface area contributed by atoms with E-state index in [1.165, 1.54) is 12.1 Å². The SMILES string of the molecule is Cn1ccc(C2CC2C(C)(C)C)n1. The van der Waals surface area contributed by atoms with Crippen molar-refractivity contribution in [2.45, 2.75) is 33.1 Å². The molecule has 0 spiro atoms. The molecule has 2 nitrogen and oxygen atoms in total. The zero-order valence-electron chi connectivity index (χ0n) is 8.91. The molecule has 1 aliphatic carbocycles. The minimum absolute atomic E-state index is 0.447. The summed E-state index contributed by atoms with van der Waals surface area (Å²) in [6, 6.07) is 2.15. The molecule has 13 heavy (non-hydrogen) atoms. The first-order valence-electron chi connectivity index (χ1n) is 4.98. The molecule has 2 heteroatoms. The highest BCUT2D eigenvalue weighted by atomic mass is 15.2. The van der Waals surface area contributed by atoms with Crippen LogP contribution in [0.15, 0.2) is 12.3 Å². The molecule has 2 unspecified atom stereocenters. The maximum absolute atomic E-state index is 4.45. The van der Waals surface area contributed by atoms with Crippen molar-refractivity contribution in [3.8, 4) is 0 Å². The van der Waals surface area contributed by atoms with Crippen LogP contribution in [-0.4, -0.2) is 9.78 Å². The number of aromatic nitrogens is 2. The molecule has 0 radical (unpaired) electrons. The summed E-state index contributed by atoms with van der Waals surface area (Å²) in [4.78, 5) is 0. The second-order valence-electron chi connectivity index (χ2n) is 5.23. The van der Waals surface area contributed by atoms with Crippen LogP contribution in [0.4, 0.5) is 0 Å². The van der Waals surface area contributed by atoms with Gasteiger partial charge in [0.1, 0.15) is 0 Å². The monoisotopic (exact) mass is 178 g/mol. The Morgan fingerprint density at radius 1 is 1.46 bits per heavy atom. The van der Waals surface area contributed by atoms with Crippen LogP contribution in [0.1, 0.15) is 38.8 Å². The molecule has 72 valence electrons. The summed E-state index contributed by atoms with van der Waals surface area (Å²) in [5, 5.41) is 4.45. The summed E-state index contributed by atoms with van der Waals surface area (Å²) in [5.74, 6) is 1.56. The van der Waals surface area contributed by atoms with Crippen molar-refractivity contribution in [3.63, 3.8) is 0 Å². The van der Waals surface area contributed by atoms with Crippen molar-refractivity contribution in [2.24, 2.45) is 18.4 Å². The van der Waals surface area contributed by atoms with Gasteiger partial charge in [-0.25, -0.2) is 0 Å². The Hall–Kier alpha value is -0.790. The lowest BCUT2D eigenvalue weighted by molar-refractivity contribution is 0.342. The summed E-state index contributed by atoms with van der Waals surface area (Å²) in [6.07, 6.45) is 3.36. The van der Waals surface area contributed by atoms with Gasteiger partial charge in [0.2, 0.25) is 0 Å². The summed E-state index contributed by atoms with van der Waals surface area (Å²) in [5.41, 5.74) is 1.73. The van der Waals surface area contributed by atoms with E-state index in [0.717, 1.165) is 11.8 Å². The zero-order chi connectivity index (χ0) is 9.64. The van der Waals surface area contributed by atoms with Gasteiger partial charge in [-0.3, -0.25) is 4.68 Å². The van der Waals surface area contributed by atoms with Gasteiger partial charge in [-0.1, -0.05) is 20.8 Å². The number of rotatable bonds is 1. The highest BCUT2D eigenvalue weighted by Gasteiger charge is 2.46. The number of hydrogen-bond acceptors (Lipinski definition) is 1. The van der Waals surface area contributed by atoms with E-state index in [4.69, 9.17) is 0 Å². The summed E-state index contributed by atoms with van der Waals surface area (Å²) in [7, 11) is 1.98. The first kappa shape index (κ1) is 8.79. The highest BCUT2D eigenvalue weighted by Crippen LogP contribution is 2.56. The van der Waals surface area contributed by atoms with Gasteiger partial charge >= 0.3 is 0 Å². The second-order valence-corrected chi connectivity index (χ2v) is 5.23. The van der Waals surface area contributed by atoms with Crippen LogP contribution in [0, 0.1) is 11.3 Å². The molecule has 1 saturated carbocycles. The number of nitrogens with zero attached hydrogens (tertiary/aromatic N) is 2. The van der Waals surface area contributed by atoms with E-state index in [1.54, 1.807) is 0 Å². The third-order valence-corrected chi connectivity index (χ3v) is 3.02. The molecule has 0 aromatic carbocycles.